The summed E-state index contributed by atoms with van der Waals surface area (Å²) in [7, 11) is -6.63. The van der Waals surface area contributed by atoms with Crippen molar-refractivity contribution in [2.45, 2.75) is 21.8 Å². The van der Waals surface area contributed by atoms with Crippen molar-refractivity contribution >= 4 is 25.5 Å². The fraction of sp³-hybridized carbons (Fsp3) is 0.250. The van der Waals surface area contributed by atoms with Crippen molar-refractivity contribution in [1.29, 1.82) is 0 Å². The SMILES string of the molecule is CN(C)S(=O)(=O)c1ccccc1CNc1ccccc1S(=O)(=O)C(F)(F)F. The van der Waals surface area contributed by atoms with Crippen LogP contribution >= 0.6 is 0 Å². The summed E-state index contributed by atoms with van der Waals surface area (Å²) in [5.41, 5.74) is -5.44. The molecule has 1 N–H and O–H groups in total. The predicted molar refractivity (Wildman–Crippen MR) is 94.3 cm³/mol. The van der Waals surface area contributed by atoms with E-state index >= 15 is 0 Å². The average molecular weight is 422 g/mol. The predicted octanol–water partition coefficient (Wildman–Crippen LogP) is 2.84. The van der Waals surface area contributed by atoms with Crippen LogP contribution in [0.25, 0.3) is 0 Å². The molecule has 0 atom stereocenters. The largest absolute Gasteiger partial charge is 0.501 e. The molecule has 0 aliphatic carbocycles. The van der Waals surface area contributed by atoms with E-state index < -0.39 is 30.3 Å². The molecule has 2 rings (SSSR count). The van der Waals surface area contributed by atoms with Crippen LogP contribution < -0.4 is 5.32 Å². The normalized spacial score (nSPS) is 13.0. The van der Waals surface area contributed by atoms with E-state index in [2.05, 4.69) is 5.32 Å². The highest BCUT2D eigenvalue weighted by atomic mass is 32.2. The standard InChI is InChI=1S/C16H17F3N2O4S2/c1-21(2)27(24,25)14-9-5-3-7-12(14)11-20-13-8-4-6-10-15(13)26(22,23)16(17,18)19/h3-10,20H,11H2,1-2H3. The van der Waals surface area contributed by atoms with Gasteiger partial charge in [-0.25, -0.2) is 21.1 Å². The molecule has 0 aliphatic rings. The van der Waals surface area contributed by atoms with Crippen molar-refractivity contribution in [1.82, 2.24) is 4.31 Å². The molecule has 0 aliphatic heterocycles. The Hall–Kier alpha value is -2.11. The number of benzene rings is 2. The number of alkyl halides is 3. The van der Waals surface area contributed by atoms with Gasteiger partial charge in [0.1, 0.15) is 0 Å². The van der Waals surface area contributed by atoms with Crippen LogP contribution in [0.3, 0.4) is 0 Å². The summed E-state index contributed by atoms with van der Waals surface area (Å²) in [6, 6.07) is 10.5. The van der Waals surface area contributed by atoms with Crippen molar-refractivity contribution in [2.75, 3.05) is 19.4 Å². The van der Waals surface area contributed by atoms with Gasteiger partial charge in [0.2, 0.25) is 10.0 Å². The number of rotatable bonds is 6. The van der Waals surface area contributed by atoms with Gasteiger partial charge in [0.15, 0.2) is 0 Å². The highest BCUT2D eigenvalue weighted by Gasteiger charge is 2.47. The van der Waals surface area contributed by atoms with Crippen LogP contribution in [0.1, 0.15) is 5.56 Å². The van der Waals surface area contributed by atoms with Crippen LogP contribution in [0.4, 0.5) is 18.9 Å². The zero-order chi connectivity index (χ0) is 20.5. The molecule has 0 saturated heterocycles. The van der Waals surface area contributed by atoms with E-state index in [-0.39, 0.29) is 22.7 Å². The first kappa shape index (κ1) is 21.2. The minimum atomic E-state index is -5.55. The van der Waals surface area contributed by atoms with Crippen molar-refractivity contribution < 1.29 is 30.0 Å². The molecule has 0 saturated carbocycles. The molecule has 11 heteroatoms. The summed E-state index contributed by atoms with van der Waals surface area (Å²) in [5, 5.41) is 2.60. The molecule has 0 aromatic heterocycles. The van der Waals surface area contributed by atoms with Gasteiger partial charge in [-0.05, 0) is 23.8 Å². The Balaban J connectivity index is 2.41. The van der Waals surface area contributed by atoms with Gasteiger partial charge in [0.05, 0.1) is 15.5 Å². The number of hydrogen-bond acceptors (Lipinski definition) is 5. The van der Waals surface area contributed by atoms with E-state index in [1.165, 1.54) is 50.5 Å². The molecule has 148 valence electrons. The minimum absolute atomic E-state index is 0.0290. The maximum atomic E-state index is 12.9. The summed E-state index contributed by atoms with van der Waals surface area (Å²) in [6.45, 7) is -0.187. The lowest BCUT2D eigenvalue weighted by atomic mass is 10.2. The van der Waals surface area contributed by atoms with Gasteiger partial charge in [0, 0.05) is 20.6 Å². The van der Waals surface area contributed by atoms with Crippen LogP contribution in [0, 0.1) is 0 Å². The van der Waals surface area contributed by atoms with Gasteiger partial charge in [-0.3, -0.25) is 0 Å². The second-order valence-corrected chi connectivity index (χ2v) is 9.72. The van der Waals surface area contributed by atoms with E-state index in [1.54, 1.807) is 6.07 Å². The molecule has 2 aromatic carbocycles. The van der Waals surface area contributed by atoms with Crippen LogP contribution in [-0.4, -0.2) is 40.7 Å². The molecule has 0 spiro atoms. The summed E-state index contributed by atoms with van der Waals surface area (Å²) in [6.07, 6.45) is 0. The third-order valence-corrected chi connectivity index (χ3v) is 7.14. The van der Waals surface area contributed by atoms with Crippen LogP contribution in [-0.2, 0) is 26.4 Å². The Morgan fingerprint density at radius 1 is 0.889 bits per heavy atom. The van der Waals surface area contributed by atoms with Gasteiger partial charge >= 0.3 is 5.51 Å². The fourth-order valence-electron chi connectivity index (χ4n) is 2.26. The number of nitrogens with one attached hydrogen (secondary N) is 1. The van der Waals surface area contributed by atoms with E-state index in [9.17, 15) is 30.0 Å². The highest BCUT2D eigenvalue weighted by Crippen LogP contribution is 2.34. The van der Waals surface area contributed by atoms with Crippen LogP contribution in [0.5, 0.6) is 0 Å². The molecule has 0 amide bonds. The van der Waals surface area contributed by atoms with E-state index in [4.69, 9.17) is 0 Å². The lowest BCUT2D eigenvalue weighted by Gasteiger charge is -2.17. The van der Waals surface area contributed by atoms with Crippen molar-refractivity contribution in [2.24, 2.45) is 0 Å². The topological polar surface area (TPSA) is 83.6 Å². The summed E-state index contributed by atoms with van der Waals surface area (Å²) < 4.78 is 87.8. The molecular formula is C16H17F3N2O4S2. The lowest BCUT2D eigenvalue weighted by molar-refractivity contribution is -0.0435. The monoisotopic (exact) mass is 422 g/mol. The molecule has 0 heterocycles. The number of halogens is 3. The zero-order valence-corrected chi connectivity index (χ0v) is 16.0. The molecule has 0 radical (unpaired) electrons. The number of sulfone groups is 1. The number of anilines is 1. The molecular weight excluding hydrogens is 405 g/mol. The zero-order valence-electron chi connectivity index (χ0n) is 14.4. The van der Waals surface area contributed by atoms with E-state index in [1.807, 2.05) is 0 Å². The molecule has 27 heavy (non-hydrogen) atoms. The van der Waals surface area contributed by atoms with Gasteiger partial charge in [-0.1, -0.05) is 30.3 Å². The minimum Gasteiger partial charge on any atom is -0.380 e. The van der Waals surface area contributed by atoms with Gasteiger partial charge in [0.25, 0.3) is 9.84 Å². The second kappa shape index (κ2) is 7.49. The number of hydrogen-bond donors (Lipinski definition) is 1. The third-order valence-electron chi connectivity index (χ3n) is 3.68. The smallest absolute Gasteiger partial charge is 0.380 e. The Kier molecular flexibility index (Phi) is 5.88. The van der Waals surface area contributed by atoms with Crippen LogP contribution in [0.15, 0.2) is 58.3 Å². The maximum Gasteiger partial charge on any atom is 0.501 e. The molecule has 0 unspecified atom stereocenters. The quantitative estimate of drug-likeness (QED) is 0.774. The second-order valence-electron chi connectivity index (χ2n) is 5.69. The number of nitrogens with zero attached hydrogens (tertiary/aromatic N) is 1. The van der Waals surface area contributed by atoms with Crippen molar-refractivity contribution in [3.63, 3.8) is 0 Å². The Labute approximate surface area is 155 Å². The Bertz CT molecular complexity index is 1030. The van der Waals surface area contributed by atoms with Gasteiger partial charge in [-0.15, -0.1) is 0 Å². The van der Waals surface area contributed by atoms with Crippen molar-refractivity contribution in [3.05, 3.63) is 54.1 Å². The summed E-state index contributed by atoms with van der Waals surface area (Å²) in [5.74, 6) is 0. The highest BCUT2D eigenvalue weighted by molar-refractivity contribution is 7.92. The molecule has 2 aromatic rings. The van der Waals surface area contributed by atoms with Crippen LogP contribution in [0.2, 0.25) is 0 Å². The third kappa shape index (κ3) is 4.25. The van der Waals surface area contributed by atoms with E-state index in [0.717, 1.165) is 10.4 Å². The molecule has 0 bridgehead atoms. The molecule has 0 fully saturated rings. The first-order chi connectivity index (χ1) is 12.4. The fourth-order valence-corrected chi connectivity index (χ4v) is 4.31. The lowest BCUT2D eigenvalue weighted by Crippen LogP contribution is -2.25. The first-order valence-electron chi connectivity index (χ1n) is 7.53. The van der Waals surface area contributed by atoms with Crippen molar-refractivity contribution in [3.8, 4) is 0 Å². The maximum absolute atomic E-state index is 12.9. The first-order valence-corrected chi connectivity index (χ1v) is 10.5. The average Bonchev–Trinajstić information content (AvgIpc) is 2.59. The summed E-state index contributed by atoms with van der Waals surface area (Å²) >= 11 is 0. The van der Waals surface area contributed by atoms with E-state index in [0.29, 0.717) is 0 Å². The Morgan fingerprint density at radius 3 is 1.96 bits per heavy atom. The van der Waals surface area contributed by atoms with Gasteiger partial charge in [-0.2, -0.15) is 13.2 Å². The Morgan fingerprint density at radius 2 is 1.41 bits per heavy atom. The summed E-state index contributed by atoms with van der Waals surface area (Å²) in [4.78, 5) is -0.955. The number of para-hydroxylation sites is 1. The van der Waals surface area contributed by atoms with Gasteiger partial charge < -0.3 is 5.32 Å². The number of sulfonamides is 1. The molecule has 6 nitrogen and oxygen atoms in total.